The van der Waals surface area contributed by atoms with Crippen molar-refractivity contribution in [1.29, 1.82) is 0 Å². The molecule has 0 aliphatic carbocycles. The Hall–Kier alpha value is -1.80. The molecule has 0 unspecified atom stereocenters. The molecule has 2 N–H and O–H groups in total. The zero-order valence-electron chi connectivity index (χ0n) is 14.2. The standard InChI is InChI=1S/C15H26N4O3S/c1-13-7-5-6-8-14(13)22-12-11-19(3)15(16-2)17-9-10-18-23(4,20)21/h5-8,18H,9-12H2,1-4H3,(H,16,17). The van der Waals surface area contributed by atoms with Crippen molar-refractivity contribution in [2.75, 3.05) is 46.6 Å². The first-order chi connectivity index (χ1) is 10.8. The highest BCUT2D eigenvalue weighted by atomic mass is 32.2. The maximum Gasteiger partial charge on any atom is 0.208 e. The summed E-state index contributed by atoms with van der Waals surface area (Å²) < 4.78 is 30.2. The Balaban J connectivity index is 2.34. The SMILES string of the molecule is CN=C(NCCNS(C)(=O)=O)N(C)CCOc1ccccc1C. The number of nitrogens with zero attached hydrogens (tertiary/aromatic N) is 2. The first-order valence-electron chi connectivity index (χ1n) is 7.38. The number of ether oxygens (including phenoxy) is 1. The molecule has 0 fully saturated rings. The van der Waals surface area contributed by atoms with Crippen molar-refractivity contribution in [1.82, 2.24) is 14.9 Å². The van der Waals surface area contributed by atoms with Crippen LogP contribution in [-0.4, -0.2) is 65.9 Å². The predicted octanol–water partition coefficient (Wildman–Crippen LogP) is 0.430. The molecule has 0 bridgehead atoms. The smallest absolute Gasteiger partial charge is 0.208 e. The van der Waals surface area contributed by atoms with Crippen LogP contribution in [0, 0.1) is 6.92 Å². The first-order valence-corrected chi connectivity index (χ1v) is 9.27. The van der Waals surface area contributed by atoms with Gasteiger partial charge in [-0.1, -0.05) is 18.2 Å². The Morgan fingerprint density at radius 2 is 2.00 bits per heavy atom. The zero-order valence-corrected chi connectivity index (χ0v) is 15.0. The summed E-state index contributed by atoms with van der Waals surface area (Å²) in [4.78, 5) is 6.09. The van der Waals surface area contributed by atoms with E-state index in [-0.39, 0.29) is 0 Å². The molecule has 0 amide bonds. The van der Waals surface area contributed by atoms with Gasteiger partial charge in [-0.05, 0) is 18.6 Å². The summed E-state index contributed by atoms with van der Waals surface area (Å²) >= 11 is 0. The molecule has 1 rings (SSSR count). The number of aryl methyl sites for hydroxylation is 1. The van der Waals surface area contributed by atoms with Crippen molar-refractivity contribution in [2.45, 2.75) is 6.92 Å². The number of likely N-dealkylation sites (N-methyl/N-ethyl adjacent to an activating group) is 1. The molecule has 0 aliphatic rings. The normalized spacial score (nSPS) is 12.1. The van der Waals surface area contributed by atoms with Crippen molar-refractivity contribution in [3.05, 3.63) is 29.8 Å². The van der Waals surface area contributed by atoms with Gasteiger partial charge in [-0.15, -0.1) is 0 Å². The van der Waals surface area contributed by atoms with E-state index in [1.807, 2.05) is 43.1 Å². The second-order valence-corrected chi connectivity index (χ2v) is 7.01. The van der Waals surface area contributed by atoms with Crippen LogP contribution >= 0.6 is 0 Å². The summed E-state index contributed by atoms with van der Waals surface area (Å²) in [5.41, 5.74) is 1.10. The highest BCUT2D eigenvalue weighted by Crippen LogP contribution is 2.15. The third-order valence-electron chi connectivity index (χ3n) is 3.12. The fraction of sp³-hybridized carbons (Fsp3) is 0.533. The van der Waals surface area contributed by atoms with Crippen LogP contribution in [0.2, 0.25) is 0 Å². The molecule has 130 valence electrons. The molecule has 0 aliphatic heterocycles. The summed E-state index contributed by atoms with van der Waals surface area (Å²) in [5.74, 6) is 1.56. The molecule has 0 saturated carbocycles. The van der Waals surface area contributed by atoms with Gasteiger partial charge in [0.2, 0.25) is 10.0 Å². The minimum absolute atomic E-state index is 0.311. The number of hydrogen-bond acceptors (Lipinski definition) is 4. The lowest BCUT2D eigenvalue weighted by Crippen LogP contribution is -2.43. The average Bonchev–Trinajstić information content (AvgIpc) is 2.48. The van der Waals surface area contributed by atoms with E-state index in [2.05, 4.69) is 15.0 Å². The van der Waals surface area contributed by atoms with E-state index in [9.17, 15) is 8.42 Å². The fourth-order valence-corrected chi connectivity index (χ4v) is 2.39. The van der Waals surface area contributed by atoms with Gasteiger partial charge in [0.05, 0.1) is 12.8 Å². The Bertz CT molecular complexity index is 617. The fourth-order valence-electron chi connectivity index (χ4n) is 1.91. The van der Waals surface area contributed by atoms with Gasteiger partial charge in [0.25, 0.3) is 0 Å². The predicted molar refractivity (Wildman–Crippen MR) is 93.5 cm³/mol. The zero-order chi connectivity index (χ0) is 17.3. The second kappa shape index (κ2) is 9.36. The number of hydrogen-bond donors (Lipinski definition) is 2. The van der Waals surface area contributed by atoms with Crippen LogP contribution in [0.1, 0.15) is 5.56 Å². The quantitative estimate of drug-likeness (QED) is 0.407. The molecule has 0 saturated heterocycles. The third kappa shape index (κ3) is 7.85. The van der Waals surface area contributed by atoms with Crippen LogP contribution in [0.4, 0.5) is 0 Å². The highest BCUT2D eigenvalue weighted by Gasteiger charge is 2.06. The Kier molecular flexibility index (Phi) is 7.84. The number of aliphatic imine (C=N–C) groups is 1. The van der Waals surface area contributed by atoms with Gasteiger partial charge in [-0.2, -0.15) is 0 Å². The Labute approximate surface area is 138 Å². The van der Waals surface area contributed by atoms with Gasteiger partial charge in [0.1, 0.15) is 12.4 Å². The Morgan fingerprint density at radius 1 is 1.30 bits per heavy atom. The lowest BCUT2D eigenvalue weighted by atomic mass is 10.2. The van der Waals surface area contributed by atoms with E-state index in [1.165, 1.54) is 0 Å². The average molecular weight is 342 g/mol. The van der Waals surface area contributed by atoms with E-state index in [0.29, 0.717) is 32.2 Å². The second-order valence-electron chi connectivity index (χ2n) is 5.18. The third-order valence-corrected chi connectivity index (χ3v) is 3.85. The summed E-state index contributed by atoms with van der Waals surface area (Å²) in [7, 11) is 0.427. The van der Waals surface area contributed by atoms with E-state index < -0.39 is 10.0 Å². The highest BCUT2D eigenvalue weighted by molar-refractivity contribution is 7.88. The molecular weight excluding hydrogens is 316 g/mol. The van der Waals surface area contributed by atoms with Crippen LogP contribution in [0.5, 0.6) is 5.75 Å². The first kappa shape index (κ1) is 19.2. The van der Waals surface area contributed by atoms with Crippen molar-refractivity contribution < 1.29 is 13.2 Å². The monoisotopic (exact) mass is 342 g/mol. The van der Waals surface area contributed by atoms with Crippen molar-refractivity contribution >= 4 is 16.0 Å². The van der Waals surface area contributed by atoms with Crippen LogP contribution in [-0.2, 0) is 10.0 Å². The van der Waals surface area contributed by atoms with Crippen LogP contribution in [0.25, 0.3) is 0 Å². The largest absolute Gasteiger partial charge is 0.491 e. The van der Waals surface area contributed by atoms with Crippen molar-refractivity contribution in [3.63, 3.8) is 0 Å². The van der Waals surface area contributed by atoms with E-state index in [1.54, 1.807) is 7.05 Å². The molecular formula is C15H26N4O3S. The van der Waals surface area contributed by atoms with E-state index in [4.69, 9.17) is 4.74 Å². The van der Waals surface area contributed by atoms with Crippen LogP contribution < -0.4 is 14.8 Å². The topological polar surface area (TPSA) is 83.0 Å². The number of benzene rings is 1. The number of nitrogens with one attached hydrogen (secondary N) is 2. The maximum absolute atomic E-state index is 11.0. The molecule has 8 heteroatoms. The molecule has 0 atom stereocenters. The lowest BCUT2D eigenvalue weighted by molar-refractivity contribution is 0.280. The Morgan fingerprint density at radius 3 is 2.61 bits per heavy atom. The van der Waals surface area contributed by atoms with Crippen LogP contribution in [0.15, 0.2) is 29.3 Å². The van der Waals surface area contributed by atoms with Gasteiger partial charge in [-0.25, -0.2) is 13.1 Å². The minimum atomic E-state index is -3.16. The van der Waals surface area contributed by atoms with Gasteiger partial charge in [0.15, 0.2) is 5.96 Å². The molecule has 23 heavy (non-hydrogen) atoms. The van der Waals surface area contributed by atoms with Crippen LogP contribution in [0.3, 0.4) is 0 Å². The van der Waals surface area contributed by atoms with E-state index >= 15 is 0 Å². The number of rotatable bonds is 8. The molecule has 1 aromatic carbocycles. The molecule has 7 nitrogen and oxygen atoms in total. The van der Waals surface area contributed by atoms with Gasteiger partial charge in [0, 0.05) is 27.2 Å². The van der Waals surface area contributed by atoms with Crippen molar-refractivity contribution in [2.24, 2.45) is 4.99 Å². The van der Waals surface area contributed by atoms with Gasteiger partial charge in [-0.3, -0.25) is 4.99 Å². The molecule has 0 spiro atoms. The lowest BCUT2D eigenvalue weighted by Gasteiger charge is -2.22. The number of para-hydroxylation sites is 1. The van der Waals surface area contributed by atoms with Crippen molar-refractivity contribution in [3.8, 4) is 5.75 Å². The minimum Gasteiger partial charge on any atom is -0.491 e. The maximum atomic E-state index is 11.0. The summed E-state index contributed by atoms with van der Waals surface area (Å²) in [5, 5.41) is 3.10. The molecule has 0 radical (unpaired) electrons. The summed E-state index contributed by atoms with van der Waals surface area (Å²) in [6.45, 7) is 3.97. The number of guanidine groups is 1. The van der Waals surface area contributed by atoms with E-state index in [0.717, 1.165) is 17.6 Å². The summed E-state index contributed by atoms with van der Waals surface area (Å²) in [6, 6.07) is 7.87. The van der Waals surface area contributed by atoms with Gasteiger partial charge >= 0.3 is 0 Å². The molecule has 1 aromatic rings. The molecule has 0 aromatic heterocycles. The molecule has 0 heterocycles. The number of sulfonamides is 1. The van der Waals surface area contributed by atoms with Gasteiger partial charge < -0.3 is 15.0 Å². The summed E-state index contributed by atoms with van der Waals surface area (Å²) in [6.07, 6.45) is 1.14.